The van der Waals surface area contributed by atoms with Crippen LogP contribution in [-0.2, 0) is 6.54 Å². The predicted octanol–water partition coefficient (Wildman–Crippen LogP) is 2.19. The molecule has 4 N–H and O–H groups in total. The van der Waals surface area contributed by atoms with E-state index >= 15 is 0 Å². The molecule has 3 heterocycles. The van der Waals surface area contributed by atoms with Crippen molar-refractivity contribution in [2.45, 2.75) is 25.4 Å². The number of furan rings is 1. The summed E-state index contributed by atoms with van der Waals surface area (Å²) in [6, 6.07) is 8.11. The van der Waals surface area contributed by atoms with Gasteiger partial charge >= 0.3 is 0 Å². The Morgan fingerprint density at radius 2 is 2.26 bits per heavy atom. The number of piperidine rings is 1. The minimum absolute atomic E-state index is 0.166. The first-order valence-corrected chi connectivity index (χ1v) is 10.0. The number of carbonyl (C=O) groups is 1. The Bertz CT molecular complexity index is 771. The van der Waals surface area contributed by atoms with Gasteiger partial charge in [0.05, 0.1) is 6.54 Å². The number of nitrogens with one attached hydrogen (secondary N) is 2. The van der Waals surface area contributed by atoms with Crippen LogP contribution in [0.25, 0.3) is 0 Å². The zero-order valence-corrected chi connectivity index (χ0v) is 16.6. The van der Waals surface area contributed by atoms with Gasteiger partial charge in [0, 0.05) is 24.5 Å². The first-order valence-electron chi connectivity index (χ1n) is 9.15. The summed E-state index contributed by atoms with van der Waals surface area (Å²) < 4.78 is 5.39. The molecule has 2 atom stereocenters. The van der Waals surface area contributed by atoms with Crippen molar-refractivity contribution in [2.24, 2.45) is 16.6 Å². The highest BCUT2D eigenvalue weighted by molar-refractivity contribution is 7.10. The van der Waals surface area contributed by atoms with Crippen molar-refractivity contribution in [1.82, 2.24) is 15.5 Å². The van der Waals surface area contributed by atoms with Crippen LogP contribution < -0.4 is 16.4 Å². The molecule has 7 nitrogen and oxygen atoms in total. The van der Waals surface area contributed by atoms with Crippen LogP contribution in [0, 0.1) is 5.92 Å². The first kappa shape index (κ1) is 19.4. The van der Waals surface area contributed by atoms with Gasteiger partial charge in [-0.3, -0.25) is 14.7 Å². The van der Waals surface area contributed by atoms with E-state index in [4.69, 9.17) is 10.2 Å². The molecule has 0 saturated carbocycles. The van der Waals surface area contributed by atoms with E-state index < -0.39 is 5.91 Å². The van der Waals surface area contributed by atoms with Crippen LogP contribution in [0.15, 0.2) is 39.1 Å². The second-order valence-corrected chi connectivity index (χ2v) is 7.76. The maximum atomic E-state index is 11.1. The highest BCUT2D eigenvalue weighted by atomic mass is 32.1. The zero-order valence-electron chi connectivity index (χ0n) is 15.8. The fourth-order valence-electron chi connectivity index (χ4n) is 3.61. The van der Waals surface area contributed by atoms with Crippen molar-refractivity contribution in [2.75, 3.05) is 27.2 Å². The molecule has 1 aliphatic rings. The lowest BCUT2D eigenvalue weighted by atomic mass is 9.88. The Morgan fingerprint density at radius 1 is 1.41 bits per heavy atom. The molecule has 0 spiro atoms. The molecule has 0 radical (unpaired) electrons. The Labute approximate surface area is 163 Å². The number of likely N-dealkylation sites (tertiary alicyclic amines) is 1. The topological polar surface area (TPSA) is 95.9 Å². The van der Waals surface area contributed by atoms with Gasteiger partial charge in [0.1, 0.15) is 5.76 Å². The molecule has 0 bridgehead atoms. The highest BCUT2D eigenvalue weighted by Gasteiger charge is 2.31. The van der Waals surface area contributed by atoms with E-state index in [9.17, 15) is 4.79 Å². The third kappa shape index (κ3) is 4.90. The normalized spacial score (nSPS) is 21.2. The van der Waals surface area contributed by atoms with Gasteiger partial charge in [0.15, 0.2) is 11.7 Å². The number of hydrogen-bond donors (Lipinski definition) is 3. The molecule has 2 aromatic rings. The van der Waals surface area contributed by atoms with E-state index in [2.05, 4.69) is 45.1 Å². The van der Waals surface area contributed by atoms with Crippen LogP contribution in [0.5, 0.6) is 0 Å². The lowest BCUT2D eigenvalue weighted by Gasteiger charge is -2.39. The first-order chi connectivity index (χ1) is 13.1. The van der Waals surface area contributed by atoms with Crippen molar-refractivity contribution in [3.63, 3.8) is 0 Å². The van der Waals surface area contributed by atoms with Crippen molar-refractivity contribution in [3.8, 4) is 0 Å². The third-order valence-corrected chi connectivity index (χ3v) is 5.87. The molecular formula is C19H27N5O2S. The molecule has 146 valence electrons. The van der Waals surface area contributed by atoms with E-state index in [-0.39, 0.29) is 5.76 Å². The fourth-order valence-corrected chi connectivity index (χ4v) is 4.59. The third-order valence-electron chi connectivity index (χ3n) is 4.93. The molecule has 3 rings (SSSR count). The Morgan fingerprint density at radius 3 is 2.93 bits per heavy atom. The number of aliphatic imine (C=N–C) groups is 1. The van der Waals surface area contributed by atoms with Crippen LogP contribution in [-0.4, -0.2) is 44.0 Å². The molecule has 0 aliphatic carbocycles. The number of thiophene rings is 1. The standard InChI is InChI=1S/C19H27N5O2S/c1-21-19(23-12-14-7-8-15(26-14)18(20)25)22-11-13-5-3-9-24(2)17(13)16-6-4-10-27-16/h4,6-8,10,13,17H,3,5,9,11-12H2,1-2H3,(H2,20,25)(H2,21,22,23). The van der Waals surface area contributed by atoms with Gasteiger partial charge in [-0.25, -0.2) is 0 Å². The number of amides is 1. The summed E-state index contributed by atoms with van der Waals surface area (Å²) in [6.45, 7) is 2.41. The summed E-state index contributed by atoms with van der Waals surface area (Å²) in [5.74, 6) is 1.47. The van der Waals surface area contributed by atoms with Crippen molar-refractivity contribution < 1.29 is 9.21 Å². The number of rotatable bonds is 6. The van der Waals surface area contributed by atoms with Crippen LogP contribution in [0.2, 0.25) is 0 Å². The summed E-state index contributed by atoms with van der Waals surface area (Å²) >= 11 is 1.82. The van der Waals surface area contributed by atoms with Gasteiger partial charge in [0.2, 0.25) is 0 Å². The minimum atomic E-state index is -0.565. The highest BCUT2D eigenvalue weighted by Crippen LogP contribution is 2.36. The van der Waals surface area contributed by atoms with Crippen LogP contribution >= 0.6 is 11.3 Å². The summed E-state index contributed by atoms with van der Waals surface area (Å²) in [6.07, 6.45) is 2.40. The maximum Gasteiger partial charge on any atom is 0.284 e. The van der Waals surface area contributed by atoms with E-state index in [0.717, 1.165) is 13.1 Å². The Balaban J connectivity index is 1.55. The average molecular weight is 390 g/mol. The SMILES string of the molecule is CN=C(NCc1ccc(C(N)=O)o1)NCC1CCCN(C)C1c1cccs1. The molecule has 1 fully saturated rings. The van der Waals surface area contributed by atoms with Crippen LogP contribution in [0.1, 0.15) is 40.1 Å². The largest absolute Gasteiger partial charge is 0.454 e. The molecule has 2 aromatic heterocycles. The summed E-state index contributed by atoms with van der Waals surface area (Å²) in [4.78, 5) is 19.3. The zero-order chi connectivity index (χ0) is 19.2. The van der Waals surface area contributed by atoms with E-state index in [1.807, 2.05) is 11.3 Å². The van der Waals surface area contributed by atoms with Gasteiger partial charge < -0.3 is 20.8 Å². The van der Waals surface area contributed by atoms with Gasteiger partial charge in [-0.1, -0.05) is 6.07 Å². The number of nitrogens with two attached hydrogens (primary N) is 1. The number of guanidine groups is 1. The molecular weight excluding hydrogens is 362 g/mol. The average Bonchev–Trinajstić information content (AvgIpc) is 3.34. The van der Waals surface area contributed by atoms with Gasteiger partial charge in [-0.05, 0) is 55.9 Å². The molecule has 27 heavy (non-hydrogen) atoms. The van der Waals surface area contributed by atoms with Gasteiger partial charge in [-0.15, -0.1) is 11.3 Å². The van der Waals surface area contributed by atoms with Crippen molar-refractivity contribution >= 4 is 23.2 Å². The Hall–Kier alpha value is -2.32. The summed E-state index contributed by atoms with van der Waals surface area (Å²) in [7, 11) is 3.95. The summed E-state index contributed by atoms with van der Waals surface area (Å²) in [5, 5.41) is 8.80. The summed E-state index contributed by atoms with van der Waals surface area (Å²) in [5.41, 5.74) is 5.21. The van der Waals surface area contributed by atoms with Crippen molar-refractivity contribution in [1.29, 1.82) is 0 Å². The molecule has 2 unspecified atom stereocenters. The second-order valence-electron chi connectivity index (χ2n) is 6.78. The number of primary amides is 1. The maximum absolute atomic E-state index is 11.1. The van der Waals surface area contributed by atoms with Crippen molar-refractivity contribution in [3.05, 3.63) is 46.0 Å². The van der Waals surface area contributed by atoms with Gasteiger partial charge in [0.25, 0.3) is 5.91 Å². The minimum Gasteiger partial charge on any atom is -0.454 e. The van der Waals surface area contributed by atoms with E-state index in [1.165, 1.54) is 17.7 Å². The fraction of sp³-hybridized carbons (Fsp3) is 0.474. The predicted molar refractivity (Wildman–Crippen MR) is 108 cm³/mol. The van der Waals surface area contributed by atoms with E-state index in [1.54, 1.807) is 19.2 Å². The smallest absolute Gasteiger partial charge is 0.284 e. The monoisotopic (exact) mass is 389 g/mol. The number of nitrogens with zero attached hydrogens (tertiary/aromatic N) is 2. The quantitative estimate of drug-likeness (QED) is 0.520. The molecule has 1 aliphatic heterocycles. The number of hydrogen-bond acceptors (Lipinski definition) is 5. The van der Waals surface area contributed by atoms with E-state index in [0.29, 0.717) is 30.2 Å². The molecule has 8 heteroatoms. The number of carbonyl (C=O) groups excluding carboxylic acids is 1. The lowest BCUT2D eigenvalue weighted by molar-refractivity contribution is 0.0972. The molecule has 0 aromatic carbocycles. The van der Waals surface area contributed by atoms with Gasteiger partial charge in [-0.2, -0.15) is 0 Å². The molecule has 1 saturated heterocycles. The lowest BCUT2D eigenvalue weighted by Crippen LogP contribution is -2.44. The molecule has 1 amide bonds. The van der Waals surface area contributed by atoms with Crippen LogP contribution in [0.4, 0.5) is 0 Å². The Kier molecular flexibility index (Phi) is 6.52. The second kappa shape index (κ2) is 9.05. The van der Waals surface area contributed by atoms with Crippen LogP contribution in [0.3, 0.4) is 0 Å².